The maximum Gasteiger partial charge on any atom is 0.534 e. The van der Waals surface area contributed by atoms with Crippen LogP contribution in [-0.4, -0.2) is 258 Å². The SMILES string of the molecule is C.CC(C)(C)OC(=O)N1C=C(OS(=O)(=O)C(F)(F)F)CC1.CC(C)(C)OC(=O)N1C=C(c2ccc([N+](=O)[O-])cc2)CC1.CC(C)(C)OC(=O)N1CC=C(OS(=O)(=O)C(F)(F)F)C1.CC(C)(C)OC(=O)N1CC=C(c2ccc([N+](=O)[O-])cc2)C1.CC(C)(C)OC(=O)N1CCC(=O)C1.CC(C)(C)OC(=O)N1CCC(c2ccc(N)cc2)C1.O=S(=O)(N(c1ccccc1)S(=O)(=O)C(F)(F)F)C(F)(F)F.O=[N+]([O-])c1ccc(B(O)O)cc1.[HH].[Pd]. The molecule has 836 valence electrons. The number of alkyl halides is 12. The maximum absolute atomic E-state index is 12.4. The van der Waals surface area contributed by atoms with Crippen molar-refractivity contribution in [3.05, 3.63) is 210 Å². The molecule has 5 aromatic rings. The molecule has 149 heavy (non-hydrogen) atoms. The fourth-order valence-corrected chi connectivity index (χ4v) is 15.6. The Hall–Kier alpha value is -12.6. The minimum absolute atomic E-state index is 0. The molecule has 1 unspecified atom stereocenters. The topological polar surface area (TPSA) is 548 Å². The van der Waals surface area contributed by atoms with E-state index in [4.69, 9.17) is 44.2 Å². The van der Waals surface area contributed by atoms with Gasteiger partial charge >= 0.3 is 106 Å². The monoisotopic (exact) mass is 2310 g/mol. The van der Waals surface area contributed by atoms with Gasteiger partial charge in [0.15, 0.2) is 5.78 Å². The molecule has 6 heterocycles. The smallest absolute Gasteiger partial charge is 0.444 e. The summed E-state index contributed by atoms with van der Waals surface area (Å²) in [6.45, 7) is 34.9. The fourth-order valence-electron chi connectivity index (χ4n) is 11.9. The van der Waals surface area contributed by atoms with Crippen molar-refractivity contribution in [1.29, 1.82) is 0 Å². The first-order valence-electron chi connectivity index (χ1n) is 43.4. The Kier molecular flexibility index (Phi) is 47.3. The van der Waals surface area contributed by atoms with E-state index in [0.717, 1.165) is 87.7 Å². The third kappa shape index (κ3) is 44.2. The number of rotatable bonds is 14. The summed E-state index contributed by atoms with van der Waals surface area (Å²) in [7, 11) is -26.6. The summed E-state index contributed by atoms with van der Waals surface area (Å²) in [6.07, 6.45) is 4.75. The largest absolute Gasteiger partial charge is 0.534 e. The van der Waals surface area contributed by atoms with E-state index in [1.54, 1.807) is 81.8 Å². The summed E-state index contributed by atoms with van der Waals surface area (Å²) in [5.41, 5.74) is -16.6. The van der Waals surface area contributed by atoms with Gasteiger partial charge in [0.05, 0.1) is 33.5 Å². The van der Waals surface area contributed by atoms with Crippen LogP contribution in [0.3, 0.4) is 0 Å². The summed E-state index contributed by atoms with van der Waals surface area (Å²) < 4.78 is 272. The van der Waals surface area contributed by atoms with Crippen molar-refractivity contribution in [1.82, 2.24) is 29.4 Å². The number of sulfonamides is 2. The average molecular weight is 2310 g/mol. The number of Topliss-reactive ketones (excluding diaryl/α,β-unsaturated/α-hetero) is 1. The number of halogens is 12. The molecule has 5 aromatic carbocycles. The van der Waals surface area contributed by atoms with Crippen LogP contribution < -0.4 is 14.9 Å². The van der Waals surface area contributed by atoms with Gasteiger partial charge in [0, 0.05) is 147 Å². The molecule has 42 nitrogen and oxygen atoms in total. The predicted molar refractivity (Wildman–Crippen MR) is 515 cm³/mol. The number of carbonyl (C=O) groups is 7. The first-order valence-corrected chi connectivity index (χ1v) is 49.1. The number of ether oxygens (including phenoxy) is 6. The van der Waals surface area contributed by atoms with Crippen LogP contribution >= 0.6 is 0 Å². The summed E-state index contributed by atoms with van der Waals surface area (Å²) >= 11 is 0. The zero-order chi connectivity index (χ0) is 113. The number of hydrogen-bond acceptors (Lipinski definition) is 32. The zero-order valence-electron chi connectivity index (χ0n) is 82.8. The molecule has 0 saturated carbocycles. The van der Waals surface area contributed by atoms with Gasteiger partial charge in [0.25, 0.3) is 17.1 Å². The number of nitro groups is 3. The number of nitrogens with two attached hydrogens (primary N) is 1. The van der Waals surface area contributed by atoms with E-state index in [1.165, 1.54) is 63.9 Å². The second-order valence-corrected chi connectivity index (χ2v) is 44.6. The second-order valence-electron chi connectivity index (χ2n) is 37.7. The minimum Gasteiger partial charge on any atom is -0.444 e. The summed E-state index contributed by atoms with van der Waals surface area (Å²) in [4.78, 5) is 120. The normalized spacial score (nSPS) is 15.5. The zero-order valence-corrected chi connectivity index (χ0v) is 87.6. The molecule has 2 saturated heterocycles. The van der Waals surface area contributed by atoms with Crippen LogP contribution in [0.5, 0.6) is 0 Å². The molecule has 4 N–H and O–H groups in total. The quantitative estimate of drug-likeness (QED) is 0.0136. The number of anilines is 2. The Morgan fingerprint density at radius 2 is 0.765 bits per heavy atom. The molecular formula is C89H118BF12N11O31PdS4. The Morgan fingerprint density at radius 3 is 1.13 bits per heavy atom. The molecule has 6 amide bonds. The van der Waals surface area contributed by atoms with Crippen LogP contribution in [0.2, 0.25) is 0 Å². The van der Waals surface area contributed by atoms with Gasteiger partial charge in [-0.15, -0.1) is 3.71 Å². The standard InChI is InChI=1S/2C15H18N2O4.C15H22N2O2.2C10H14F3NO5S.C9H15NO3.C8H5F6NO4S2.C6H6BNO4.CH4.Pd.H2/c2*1-15(2,3)21-14(18)16-9-8-12(10-16)11-4-6-13(7-5-11)17(19)20;1-15(2,3)19-14(18)17-9-8-12(10-17)11-4-6-13(16)7-5-11;2*1-9(2,3)18-8(15)14-5-4-7(6-14)19-20(16,17)10(11,12)13;1-9(2,3)13-8(12)10-5-4-7(11)6-10;9-7(10,11)20(16,17)15(6-4-2-1-3-5-6)21(18,19)8(12,13)14;9-7(10)5-1-3-6(4-2-5)8(11)12;;;/h4-7,10H,8-9H2,1-3H3;4-8H,9-10H2,1-3H3;4-7,12H,8-10,16H2,1-3H3;6H,4-5H2,1-3H3;4H,5-6H2,1-3H3;4-6H2,1-3H3;1-5H;1-4,9-10H;1H4;;1H. The number of carbonyl (C=O) groups excluding carboxylic acids is 7. The van der Waals surface area contributed by atoms with Crippen molar-refractivity contribution in [2.24, 2.45) is 0 Å². The van der Waals surface area contributed by atoms with Crippen LogP contribution in [0, 0.1) is 30.3 Å². The van der Waals surface area contributed by atoms with Crippen LogP contribution in [0.15, 0.2) is 163 Å². The summed E-state index contributed by atoms with van der Waals surface area (Å²) in [5.74, 6) is -0.444. The molecule has 0 bridgehead atoms. The number of nitrogen functional groups attached to an aromatic ring is 1. The molecule has 0 spiro atoms. The van der Waals surface area contributed by atoms with Gasteiger partial charge in [0.2, 0.25) is 0 Å². The number of para-hydroxylation sites is 1. The van der Waals surface area contributed by atoms with E-state index >= 15 is 0 Å². The molecule has 0 aliphatic carbocycles. The second kappa shape index (κ2) is 53.2. The van der Waals surface area contributed by atoms with Crippen LogP contribution in [0.25, 0.3) is 11.1 Å². The van der Waals surface area contributed by atoms with Crippen LogP contribution in [0.4, 0.5) is 110 Å². The van der Waals surface area contributed by atoms with E-state index < -0.39 is 164 Å². The Labute approximate surface area is 867 Å². The molecule has 6 aliphatic rings. The Balaban J connectivity index is 0.000000860. The molecule has 6 aliphatic heterocycles. The number of hydrogen-bond donors (Lipinski definition) is 3. The van der Waals surface area contributed by atoms with E-state index in [2.05, 4.69) is 8.37 Å². The molecule has 2 fully saturated rings. The number of non-ortho nitro benzene ring substituents is 3. The summed E-state index contributed by atoms with van der Waals surface area (Å²) in [5, 5.41) is 48.7. The fraction of sp³-hybridized carbons (Fsp3) is 0.494. The van der Waals surface area contributed by atoms with Gasteiger partial charge in [-0.25, -0.2) is 28.8 Å². The van der Waals surface area contributed by atoms with Crippen molar-refractivity contribution in [3.63, 3.8) is 0 Å². The van der Waals surface area contributed by atoms with E-state index in [0.29, 0.717) is 57.1 Å². The number of likely N-dealkylation sites (tertiary alicyclic amines) is 2. The average Bonchev–Trinajstić information content (AvgIpc) is 0.943. The molecular weight excluding hydrogens is 2190 g/mol. The number of ketones is 1. The van der Waals surface area contributed by atoms with Gasteiger partial charge in [-0.2, -0.15) is 86.4 Å². The van der Waals surface area contributed by atoms with E-state index in [9.17, 15) is 150 Å². The van der Waals surface area contributed by atoms with Crippen LogP contribution in [0.1, 0.15) is 182 Å². The first kappa shape index (κ1) is 132. The molecule has 0 radical (unpaired) electrons. The van der Waals surface area contributed by atoms with Gasteiger partial charge in [0.1, 0.15) is 45.1 Å². The Morgan fingerprint density at radius 1 is 0.416 bits per heavy atom. The number of nitro benzene ring substituents is 3. The number of benzene rings is 5. The van der Waals surface area contributed by atoms with E-state index in [-0.39, 0.29) is 102 Å². The third-order valence-corrected chi connectivity index (χ3v) is 24.1. The number of amides is 6. The van der Waals surface area contributed by atoms with E-state index in [1.807, 2.05) is 113 Å². The minimum atomic E-state index is -6.81. The summed E-state index contributed by atoms with van der Waals surface area (Å²) in [6, 6.07) is 29.4. The molecule has 0 aromatic heterocycles. The van der Waals surface area contributed by atoms with Gasteiger partial charge in [-0.05, 0) is 225 Å². The third-order valence-electron chi connectivity index (χ3n) is 18.4. The maximum atomic E-state index is 12.4. The van der Waals surface area contributed by atoms with Crippen LogP contribution in [-0.2, 0) is 102 Å². The van der Waals surface area contributed by atoms with Gasteiger partial charge in [-0.1, -0.05) is 56.0 Å². The molecule has 11 rings (SSSR count). The first-order chi connectivity index (χ1) is 66.7. The number of nitrogens with zero attached hydrogens (tertiary/aromatic N) is 10. The van der Waals surface area contributed by atoms with Crippen molar-refractivity contribution in [2.45, 2.75) is 219 Å². The van der Waals surface area contributed by atoms with Gasteiger partial charge < -0.3 is 67.3 Å². The van der Waals surface area contributed by atoms with Gasteiger partial charge in [-0.3, -0.25) is 49.8 Å². The Bertz CT molecular complexity index is 6040. The van der Waals surface area contributed by atoms with Crippen molar-refractivity contribution >= 4 is 135 Å². The molecule has 1 atom stereocenters. The van der Waals surface area contributed by atoms with Crippen molar-refractivity contribution in [3.8, 4) is 0 Å². The molecule has 60 heteroatoms. The predicted octanol–water partition coefficient (Wildman–Crippen LogP) is 17.7. The van der Waals surface area contributed by atoms with Crippen molar-refractivity contribution in [2.75, 3.05) is 74.9 Å². The van der Waals surface area contributed by atoms with Crippen molar-refractivity contribution < 1.29 is 203 Å².